The molecule has 58 valence electrons. The van der Waals surface area contributed by atoms with Crippen LogP contribution in [0.5, 0.6) is 0 Å². The molecule has 2 unspecified atom stereocenters. The minimum absolute atomic E-state index is 0.0670. The maximum absolute atomic E-state index is 10.7. The third kappa shape index (κ3) is 1.91. The van der Waals surface area contributed by atoms with Crippen LogP contribution in [0.15, 0.2) is 0 Å². The van der Waals surface area contributed by atoms with Crippen LogP contribution in [-0.2, 0) is 10.2 Å². The van der Waals surface area contributed by atoms with E-state index in [-0.39, 0.29) is 12.8 Å². The summed E-state index contributed by atoms with van der Waals surface area (Å²) in [5.74, 6) is -4.40. The van der Waals surface area contributed by atoms with Crippen LogP contribution < -0.4 is 0 Å². The van der Waals surface area contributed by atoms with Gasteiger partial charge in [0.25, 0.3) is 0 Å². The third-order valence-electron chi connectivity index (χ3n) is 1.69. The predicted molar refractivity (Wildman–Crippen MR) is 29.7 cm³/mol. The summed E-state index contributed by atoms with van der Waals surface area (Å²) < 4.78 is 0. The lowest BCUT2D eigenvalue weighted by atomic mass is 9.89. The van der Waals surface area contributed by atoms with Gasteiger partial charge >= 0.3 is 0 Å². The Morgan fingerprint density at radius 2 is 1.40 bits per heavy atom. The maximum atomic E-state index is 10.7. The monoisotopic (exact) mass is 146 g/mol. The average Bonchev–Trinajstić information content (AvgIpc) is 1.56. The minimum Gasteiger partial charge on any atom is -0.363 e. The van der Waals surface area contributed by atoms with Crippen molar-refractivity contribution < 1.29 is 20.4 Å². The third-order valence-corrected chi connectivity index (χ3v) is 1.69. The summed E-state index contributed by atoms with van der Waals surface area (Å²) in [6.45, 7) is 0. The van der Waals surface area contributed by atoms with E-state index in [1.807, 2.05) is 0 Å². The van der Waals surface area contributed by atoms with Gasteiger partial charge in [-0.25, -0.2) is 0 Å². The Morgan fingerprint density at radius 1 is 1.00 bits per heavy atom. The summed E-state index contributed by atoms with van der Waals surface area (Å²) in [6, 6.07) is 0. The van der Waals surface area contributed by atoms with Crippen LogP contribution in [0.25, 0.3) is 0 Å². The molecule has 1 aliphatic carbocycles. The van der Waals surface area contributed by atoms with Gasteiger partial charge in [-0.2, -0.15) is 10.2 Å². The Balaban J connectivity index is 2.56. The molecule has 0 aromatic heterocycles. The lowest BCUT2D eigenvalue weighted by molar-refractivity contribution is -0.317. The number of aliphatic hydroxyl groups is 2. The number of hydrogen-bond donors (Lipinski definition) is 2. The lowest BCUT2D eigenvalue weighted by Gasteiger charge is -2.31. The Labute approximate surface area is 58.7 Å². The van der Waals surface area contributed by atoms with E-state index in [0.29, 0.717) is 6.42 Å². The quantitative estimate of drug-likeness (QED) is 0.464. The zero-order valence-electron chi connectivity index (χ0n) is 5.54. The van der Waals surface area contributed by atoms with Gasteiger partial charge in [0.15, 0.2) is 0 Å². The highest BCUT2D eigenvalue weighted by atomic mass is 16.5. The van der Waals surface area contributed by atoms with Crippen LogP contribution in [0.1, 0.15) is 25.7 Å². The lowest BCUT2D eigenvalue weighted by Crippen LogP contribution is -2.43. The highest BCUT2D eigenvalue weighted by Crippen LogP contribution is 2.32. The fourth-order valence-corrected chi connectivity index (χ4v) is 1.25. The van der Waals surface area contributed by atoms with Gasteiger partial charge in [-0.05, 0) is 6.42 Å². The molecule has 0 saturated heterocycles. The molecule has 2 atom stereocenters. The van der Waals surface area contributed by atoms with Crippen molar-refractivity contribution in [3.63, 3.8) is 0 Å². The van der Waals surface area contributed by atoms with Crippen molar-refractivity contribution in [3.8, 4) is 0 Å². The van der Waals surface area contributed by atoms with Crippen LogP contribution in [0.4, 0.5) is 0 Å². The first-order valence-corrected chi connectivity index (χ1v) is 3.27. The van der Waals surface area contributed by atoms with Gasteiger partial charge in [0.05, 0.1) is 6.42 Å². The zero-order chi connectivity index (χ0) is 7.83. The highest BCUT2D eigenvalue weighted by molar-refractivity contribution is 4.80. The molecule has 0 heterocycles. The molecule has 2 radical (unpaired) electrons. The van der Waals surface area contributed by atoms with E-state index in [1.165, 1.54) is 0 Å². The molecule has 0 amide bonds. The largest absolute Gasteiger partial charge is 0.363 e. The van der Waals surface area contributed by atoms with Gasteiger partial charge in [-0.15, -0.1) is 0 Å². The van der Waals surface area contributed by atoms with Crippen molar-refractivity contribution in [2.45, 2.75) is 37.3 Å². The normalized spacial score (nSPS) is 30.0. The Morgan fingerprint density at radius 3 is 1.60 bits per heavy atom. The van der Waals surface area contributed by atoms with Crippen LogP contribution in [0.2, 0.25) is 0 Å². The van der Waals surface area contributed by atoms with Crippen LogP contribution >= 0.6 is 0 Å². The molecule has 1 aliphatic rings. The molecule has 0 aromatic rings. The Kier molecular flexibility index (Phi) is 1.72. The second-order valence-corrected chi connectivity index (χ2v) is 2.92. The van der Waals surface area contributed by atoms with Gasteiger partial charge in [-0.3, -0.25) is 0 Å². The molecular weight excluding hydrogens is 136 g/mol. The van der Waals surface area contributed by atoms with Gasteiger partial charge in [0.2, 0.25) is 11.6 Å². The SMILES string of the molecule is [O]C1(O)CCCC([O])(O)C1. The van der Waals surface area contributed by atoms with Gasteiger partial charge in [-0.1, -0.05) is 0 Å². The molecular formula is C6H10O4. The van der Waals surface area contributed by atoms with Crippen molar-refractivity contribution in [2.75, 3.05) is 0 Å². The predicted octanol–water partition coefficient (Wildman–Crippen LogP) is -0.201. The first kappa shape index (κ1) is 7.94. The number of hydrogen-bond acceptors (Lipinski definition) is 2. The fraction of sp³-hybridized carbons (Fsp3) is 1.00. The maximum Gasteiger partial charge on any atom is 0.204 e. The molecule has 10 heavy (non-hydrogen) atoms. The summed E-state index contributed by atoms with van der Waals surface area (Å²) >= 11 is 0. The number of rotatable bonds is 0. The van der Waals surface area contributed by atoms with E-state index < -0.39 is 18.0 Å². The van der Waals surface area contributed by atoms with E-state index in [9.17, 15) is 10.2 Å². The van der Waals surface area contributed by atoms with Crippen LogP contribution in [0.3, 0.4) is 0 Å². The second-order valence-electron chi connectivity index (χ2n) is 2.92. The molecule has 2 N–H and O–H groups in total. The van der Waals surface area contributed by atoms with Gasteiger partial charge in [0.1, 0.15) is 0 Å². The van der Waals surface area contributed by atoms with E-state index in [2.05, 4.69) is 0 Å². The van der Waals surface area contributed by atoms with Crippen molar-refractivity contribution in [1.29, 1.82) is 0 Å². The second kappa shape index (κ2) is 2.17. The zero-order valence-corrected chi connectivity index (χ0v) is 5.54. The highest BCUT2D eigenvalue weighted by Gasteiger charge is 2.42. The summed E-state index contributed by atoms with van der Waals surface area (Å²) in [7, 11) is 0. The first-order chi connectivity index (χ1) is 4.41. The van der Waals surface area contributed by atoms with E-state index in [1.54, 1.807) is 0 Å². The molecule has 1 rings (SSSR count). The molecule has 0 aromatic carbocycles. The summed E-state index contributed by atoms with van der Waals surface area (Å²) in [4.78, 5) is 0. The molecule has 4 nitrogen and oxygen atoms in total. The first-order valence-electron chi connectivity index (χ1n) is 3.27. The molecule has 0 spiro atoms. The summed E-state index contributed by atoms with van der Waals surface area (Å²) in [5.41, 5.74) is 0. The summed E-state index contributed by atoms with van der Waals surface area (Å²) in [6.07, 6.45) is -0.158. The smallest absolute Gasteiger partial charge is 0.204 e. The van der Waals surface area contributed by atoms with Crippen molar-refractivity contribution in [1.82, 2.24) is 0 Å². The molecule has 1 fully saturated rings. The van der Waals surface area contributed by atoms with Gasteiger partial charge < -0.3 is 10.2 Å². The van der Waals surface area contributed by atoms with E-state index in [4.69, 9.17) is 10.2 Å². The van der Waals surface area contributed by atoms with Crippen LogP contribution in [0, 0.1) is 0 Å². The topological polar surface area (TPSA) is 80.3 Å². The fourth-order valence-electron chi connectivity index (χ4n) is 1.25. The van der Waals surface area contributed by atoms with Gasteiger partial charge in [0, 0.05) is 12.8 Å². The summed E-state index contributed by atoms with van der Waals surface area (Å²) in [5, 5.41) is 39.1. The van der Waals surface area contributed by atoms with E-state index in [0.717, 1.165) is 0 Å². The van der Waals surface area contributed by atoms with Crippen molar-refractivity contribution in [3.05, 3.63) is 0 Å². The average molecular weight is 146 g/mol. The van der Waals surface area contributed by atoms with E-state index >= 15 is 0 Å². The molecule has 0 bridgehead atoms. The molecule has 1 saturated carbocycles. The molecule has 0 aliphatic heterocycles. The molecule has 4 heteroatoms. The van der Waals surface area contributed by atoms with Crippen molar-refractivity contribution in [2.24, 2.45) is 0 Å². The Bertz CT molecular complexity index is 116. The minimum atomic E-state index is -2.20. The Hall–Kier alpha value is -0.160. The van der Waals surface area contributed by atoms with Crippen LogP contribution in [-0.4, -0.2) is 21.8 Å². The van der Waals surface area contributed by atoms with Crippen molar-refractivity contribution >= 4 is 0 Å². The standard InChI is InChI=1S/C6H10O4/c7-5(8)2-1-3-6(9,10)4-5/h7,9H,1-4H2.